The highest BCUT2D eigenvalue weighted by molar-refractivity contribution is 5.99. The highest BCUT2D eigenvalue weighted by atomic mass is 19.3. The summed E-state index contributed by atoms with van der Waals surface area (Å²) in [6.07, 6.45) is -3.74. The fourth-order valence-corrected chi connectivity index (χ4v) is 0.914. The first-order chi connectivity index (χ1) is 6.02. The van der Waals surface area contributed by atoms with Gasteiger partial charge in [0.25, 0.3) is 6.43 Å². The Morgan fingerprint density at radius 2 is 1.69 bits per heavy atom. The fraction of sp³-hybridized carbons (Fsp3) is 0.750. The van der Waals surface area contributed by atoms with Gasteiger partial charge in [0.05, 0.1) is 6.42 Å². The summed E-state index contributed by atoms with van der Waals surface area (Å²) >= 11 is 0. The first kappa shape index (κ1) is 12.0. The number of carbonyl (C=O) groups is 2. The standard InChI is InChI=1S/C8H13F2NO2/c1-3-11(4-2)7(13)5-6(12)8(9)10/h8H,3-5H2,1-2H3. The molecular weight excluding hydrogens is 180 g/mol. The van der Waals surface area contributed by atoms with Crippen LogP contribution in [0.2, 0.25) is 0 Å². The second kappa shape index (κ2) is 5.61. The van der Waals surface area contributed by atoms with Crippen LogP contribution in [0.5, 0.6) is 0 Å². The van der Waals surface area contributed by atoms with E-state index in [2.05, 4.69) is 0 Å². The molecule has 0 bridgehead atoms. The van der Waals surface area contributed by atoms with Crippen molar-refractivity contribution in [3.05, 3.63) is 0 Å². The molecule has 3 nitrogen and oxygen atoms in total. The van der Waals surface area contributed by atoms with E-state index in [-0.39, 0.29) is 0 Å². The molecule has 0 rings (SSSR count). The number of carbonyl (C=O) groups excluding carboxylic acids is 2. The third-order valence-corrected chi connectivity index (χ3v) is 1.68. The molecule has 1 amide bonds. The van der Waals surface area contributed by atoms with E-state index in [0.29, 0.717) is 13.1 Å². The van der Waals surface area contributed by atoms with Crippen molar-refractivity contribution in [1.29, 1.82) is 0 Å². The molecule has 13 heavy (non-hydrogen) atoms. The van der Waals surface area contributed by atoms with Crippen molar-refractivity contribution in [1.82, 2.24) is 4.90 Å². The minimum Gasteiger partial charge on any atom is -0.343 e. The van der Waals surface area contributed by atoms with Crippen LogP contribution < -0.4 is 0 Å². The molecule has 0 atom stereocenters. The fourth-order valence-electron chi connectivity index (χ4n) is 0.914. The Balaban J connectivity index is 4.06. The summed E-state index contributed by atoms with van der Waals surface area (Å²) in [5.74, 6) is -1.84. The van der Waals surface area contributed by atoms with E-state index in [1.54, 1.807) is 13.8 Å². The highest BCUT2D eigenvalue weighted by Gasteiger charge is 2.21. The van der Waals surface area contributed by atoms with E-state index >= 15 is 0 Å². The first-order valence-corrected chi connectivity index (χ1v) is 4.11. The predicted octanol–water partition coefficient (Wildman–Crippen LogP) is 1.08. The van der Waals surface area contributed by atoms with Gasteiger partial charge in [-0.25, -0.2) is 8.78 Å². The maximum atomic E-state index is 11.7. The molecule has 0 aliphatic carbocycles. The predicted molar refractivity (Wildman–Crippen MR) is 43.6 cm³/mol. The Morgan fingerprint density at radius 1 is 1.23 bits per heavy atom. The Labute approximate surface area is 75.7 Å². The minimum absolute atomic E-state index is 0.436. The van der Waals surface area contributed by atoms with Crippen LogP contribution >= 0.6 is 0 Å². The van der Waals surface area contributed by atoms with Crippen LogP contribution in [0.3, 0.4) is 0 Å². The number of amides is 1. The van der Waals surface area contributed by atoms with Gasteiger partial charge in [-0.15, -0.1) is 0 Å². The van der Waals surface area contributed by atoms with Crippen LogP contribution in [0.1, 0.15) is 20.3 Å². The molecule has 0 aromatic carbocycles. The van der Waals surface area contributed by atoms with E-state index in [9.17, 15) is 18.4 Å². The molecule has 0 aromatic heterocycles. The van der Waals surface area contributed by atoms with E-state index in [0.717, 1.165) is 0 Å². The summed E-state index contributed by atoms with van der Waals surface area (Å²) in [6, 6.07) is 0. The zero-order valence-corrected chi connectivity index (χ0v) is 7.72. The summed E-state index contributed by atoms with van der Waals surface area (Å²) < 4.78 is 23.5. The van der Waals surface area contributed by atoms with Crippen molar-refractivity contribution in [2.45, 2.75) is 26.7 Å². The number of halogens is 2. The molecule has 0 radical (unpaired) electrons. The topological polar surface area (TPSA) is 37.4 Å². The van der Waals surface area contributed by atoms with Gasteiger partial charge in [0.1, 0.15) is 0 Å². The van der Waals surface area contributed by atoms with Crippen molar-refractivity contribution < 1.29 is 18.4 Å². The third kappa shape index (κ3) is 3.96. The molecule has 5 heteroatoms. The summed E-state index contributed by atoms with van der Waals surface area (Å²) in [6.45, 7) is 4.33. The Kier molecular flexibility index (Phi) is 5.18. The van der Waals surface area contributed by atoms with Crippen LogP contribution in [-0.2, 0) is 9.59 Å². The average Bonchev–Trinajstić information content (AvgIpc) is 2.06. The van der Waals surface area contributed by atoms with Gasteiger partial charge in [-0.1, -0.05) is 0 Å². The second-order valence-electron chi connectivity index (χ2n) is 2.51. The van der Waals surface area contributed by atoms with Crippen LogP contribution in [0.25, 0.3) is 0 Å². The smallest absolute Gasteiger partial charge is 0.296 e. The van der Waals surface area contributed by atoms with Gasteiger partial charge in [-0.2, -0.15) is 0 Å². The molecular formula is C8H13F2NO2. The minimum atomic E-state index is -3.04. The Morgan fingerprint density at radius 3 is 2.00 bits per heavy atom. The van der Waals surface area contributed by atoms with E-state index in [1.165, 1.54) is 4.90 Å². The highest BCUT2D eigenvalue weighted by Crippen LogP contribution is 2.01. The summed E-state index contributed by atoms with van der Waals surface area (Å²) in [4.78, 5) is 22.9. The number of Topliss-reactive ketones (excluding diaryl/α,β-unsaturated/α-hetero) is 1. The number of hydrogen-bond donors (Lipinski definition) is 0. The summed E-state index contributed by atoms with van der Waals surface area (Å²) in [5, 5.41) is 0. The lowest BCUT2D eigenvalue weighted by atomic mass is 10.2. The largest absolute Gasteiger partial charge is 0.343 e. The van der Waals surface area contributed by atoms with Crippen molar-refractivity contribution in [2.24, 2.45) is 0 Å². The van der Waals surface area contributed by atoms with Gasteiger partial charge in [0.15, 0.2) is 0 Å². The van der Waals surface area contributed by atoms with Crippen molar-refractivity contribution in [3.8, 4) is 0 Å². The molecule has 0 spiro atoms. The van der Waals surface area contributed by atoms with Gasteiger partial charge >= 0.3 is 0 Å². The lowest BCUT2D eigenvalue weighted by Gasteiger charge is -2.17. The van der Waals surface area contributed by atoms with Crippen LogP contribution in [0.4, 0.5) is 8.78 Å². The van der Waals surface area contributed by atoms with E-state index < -0.39 is 24.5 Å². The average molecular weight is 193 g/mol. The molecule has 0 heterocycles. The quantitative estimate of drug-likeness (QED) is 0.613. The van der Waals surface area contributed by atoms with Crippen LogP contribution in [-0.4, -0.2) is 36.1 Å². The number of alkyl halides is 2. The molecule has 0 fully saturated rings. The van der Waals surface area contributed by atoms with Gasteiger partial charge < -0.3 is 4.90 Å². The van der Waals surface area contributed by atoms with Crippen LogP contribution in [0.15, 0.2) is 0 Å². The number of rotatable bonds is 5. The first-order valence-electron chi connectivity index (χ1n) is 4.11. The van der Waals surface area contributed by atoms with Crippen LogP contribution in [0, 0.1) is 0 Å². The van der Waals surface area contributed by atoms with Crippen molar-refractivity contribution >= 4 is 11.7 Å². The number of ketones is 1. The lowest BCUT2D eigenvalue weighted by Crippen LogP contribution is -2.33. The van der Waals surface area contributed by atoms with Gasteiger partial charge in [0, 0.05) is 13.1 Å². The molecule has 0 aliphatic heterocycles. The lowest BCUT2D eigenvalue weighted by molar-refractivity contribution is -0.139. The summed E-state index contributed by atoms with van der Waals surface area (Å²) in [5.41, 5.74) is 0. The normalized spacial score (nSPS) is 10.2. The Hall–Kier alpha value is -1.00. The third-order valence-electron chi connectivity index (χ3n) is 1.68. The molecule has 76 valence electrons. The molecule has 0 aromatic rings. The van der Waals surface area contributed by atoms with Crippen molar-refractivity contribution in [3.63, 3.8) is 0 Å². The molecule has 0 unspecified atom stereocenters. The van der Waals surface area contributed by atoms with E-state index in [1.807, 2.05) is 0 Å². The SMILES string of the molecule is CCN(CC)C(=O)CC(=O)C(F)F. The second-order valence-corrected chi connectivity index (χ2v) is 2.51. The number of nitrogens with zero attached hydrogens (tertiary/aromatic N) is 1. The van der Waals surface area contributed by atoms with E-state index in [4.69, 9.17) is 0 Å². The number of hydrogen-bond acceptors (Lipinski definition) is 2. The summed E-state index contributed by atoms with van der Waals surface area (Å²) in [7, 11) is 0. The molecule has 0 aliphatic rings. The molecule has 0 N–H and O–H groups in total. The maximum absolute atomic E-state index is 11.7. The van der Waals surface area contributed by atoms with Gasteiger partial charge in [-0.3, -0.25) is 9.59 Å². The monoisotopic (exact) mass is 193 g/mol. The zero-order valence-electron chi connectivity index (χ0n) is 7.72. The maximum Gasteiger partial charge on any atom is 0.296 e. The Bertz CT molecular complexity index is 191. The van der Waals surface area contributed by atoms with Crippen molar-refractivity contribution in [2.75, 3.05) is 13.1 Å². The van der Waals surface area contributed by atoms with Gasteiger partial charge in [-0.05, 0) is 13.8 Å². The zero-order chi connectivity index (χ0) is 10.4. The molecule has 0 saturated carbocycles. The molecule has 0 saturated heterocycles. The van der Waals surface area contributed by atoms with Gasteiger partial charge in [0.2, 0.25) is 11.7 Å².